The molecule has 0 amide bonds. The third-order valence-electron chi connectivity index (χ3n) is 3.19. The van der Waals surface area contributed by atoms with Crippen LogP contribution in [0.1, 0.15) is 0 Å². The minimum atomic E-state index is 0.763. The summed E-state index contributed by atoms with van der Waals surface area (Å²) in [5.41, 5.74) is 2.39. The monoisotopic (exact) mass is 260 g/mol. The molecule has 0 aliphatic carbocycles. The Morgan fingerprint density at radius 3 is 2.94 bits per heavy atom. The Bertz CT molecular complexity index is 565. The molecule has 0 saturated carbocycles. The smallest absolute Gasteiger partial charge is 0.143 e. The number of benzene rings is 1. The van der Waals surface area contributed by atoms with Crippen molar-refractivity contribution in [3.8, 4) is 16.2 Å². The number of ether oxygens (including phenoxy) is 1. The van der Waals surface area contributed by atoms with E-state index in [0.717, 1.165) is 18.9 Å². The predicted octanol–water partition coefficient (Wildman–Crippen LogP) is 3.29. The number of anilines is 2. The number of nitrogens with zero attached hydrogens (tertiary/aromatic N) is 1. The molecule has 0 radical (unpaired) electrons. The van der Waals surface area contributed by atoms with Crippen LogP contribution in [0.3, 0.4) is 0 Å². The summed E-state index contributed by atoms with van der Waals surface area (Å²) in [7, 11) is 4.05. The van der Waals surface area contributed by atoms with E-state index in [1.54, 1.807) is 11.3 Å². The highest BCUT2D eigenvalue weighted by atomic mass is 32.1. The first kappa shape index (κ1) is 11.4. The van der Waals surface area contributed by atoms with E-state index in [2.05, 4.69) is 47.6 Å². The average molecular weight is 260 g/mol. The van der Waals surface area contributed by atoms with E-state index in [4.69, 9.17) is 4.74 Å². The zero-order valence-electron chi connectivity index (χ0n) is 10.6. The van der Waals surface area contributed by atoms with Crippen molar-refractivity contribution >= 4 is 22.0 Å². The molecular weight excluding hydrogens is 244 g/mol. The summed E-state index contributed by atoms with van der Waals surface area (Å²) in [6.45, 7) is 1.72. The van der Waals surface area contributed by atoms with Gasteiger partial charge in [0.15, 0.2) is 0 Å². The van der Waals surface area contributed by atoms with Crippen LogP contribution in [0.4, 0.5) is 10.7 Å². The lowest BCUT2D eigenvalue weighted by atomic mass is 10.1. The maximum absolute atomic E-state index is 5.74. The number of hydrogen-bond acceptors (Lipinski definition) is 4. The van der Waals surface area contributed by atoms with Crippen LogP contribution >= 0.6 is 11.3 Å². The van der Waals surface area contributed by atoms with E-state index in [9.17, 15) is 0 Å². The molecule has 3 rings (SSSR count). The second-order valence-corrected chi connectivity index (χ2v) is 5.45. The lowest BCUT2D eigenvalue weighted by Gasteiger charge is -2.27. The number of rotatable bonds is 2. The van der Waals surface area contributed by atoms with Gasteiger partial charge < -0.3 is 15.0 Å². The summed E-state index contributed by atoms with van der Waals surface area (Å²) < 4.78 is 5.74. The second kappa shape index (κ2) is 4.53. The van der Waals surface area contributed by atoms with E-state index in [0.29, 0.717) is 0 Å². The molecule has 0 spiro atoms. The molecule has 2 heterocycles. The van der Waals surface area contributed by atoms with E-state index in [1.165, 1.54) is 21.1 Å². The fourth-order valence-corrected chi connectivity index (χ4v) is 2.99. The minimum Gasteiger partial charge on any atom is -0.490 e. The van der Waals surface area contributed by atoms with Crippen molar-refractivity contribution in [2.45, 2.75) is 0 Å². The topological polar surface area (TPSA) is 24.5 Å². The molecule has 94 valence electrons. The van der Waals surface area contributed by atoms with Gasteiger partial charge in [0.05, 0.1) is 17.2 Å². The summed E-state index contributed by atoms with van der Waals surface area (Å²) >= 11 is 1.76. The average Bonchev–Trinajstić information content (AvgIpc) is 2.87. The van der Waals surface area contributed by atoms with Crippen LogP contribution < -0.4 is 15.0 Å². The van der Waals surface area contributed by atoms with Gasteiger partial charge in [0, 0.05) is 19.0 Å². The zero-order chi connectivity index (χ0) is 12.5. The second-order valence-electron chi connectivity index (χ2n) is 4.37. The number of fused-ring (bicyclic) bond motifs is 1. The molecule has 1 aromatic heterocycles. The Morgan fingerprint density at radius 2 is 2.17 bits per heavy atom. The number of hydrogen-bond donors (Lipinski definition) is 1. The highest BCUT2D eigenvalue weighted by molar-refractivity contribution is 7.19. The molecule has 0 saturated heterocycles. The van der Waals surface area contributed by atoms with Crippen molar-refractivity contribution in [1.29, 1.82) is 0 Å². The summed E-state index contributed by atoms with van der Waals surface area (Å²) in [6, 6.07) is 10.7. The highest BCUT2D eigenvalue weighted by Gasteiger charge is 2.15. The molecular formula is C14H16N2OS. The van der Waals surface area contributed by atoms with E-state index < -0.39 is 0 Å². The lowest BCUT2D eigenvalue weighted by Crippen LogP contribution is -2.28. The first-order valence-corrected chi connectivity index (χ1v) is 6.85. The molecule has 2 aromatic rings. The first-order valence-electron chi connectivity index (χ1n) is 6.04. The van der Waals surface area contributed by atoms with Gasteiger partial charge in [-0.15, -0.1) is 11.3 Å². The maximum atomic E-state index is 5.74. The fraction of sp³-hybridized carbons (Fsp3) is 0.286. The third-order valence-corrected chi connectivity index (χ3v) is 4.34. The maximum Gasteiger partial charge on any atom is 0.143 e. The normalized spacial score (nSPS) is 14.0. The number of thiophene rings is 1. The van der Waals surface area contributed by atoms with Gasteiger partial charge in [-0.1, -0.05) is 6.07 Å². The molecule has 1 N–H and O–H groups in total. The number of likely N-dealkylation sites (N-methyl/N-ethyl adjacent to an activating group) is 1. The van der Waals surface area contributed by atoms with Crippen LogP contribution in [0, 0.1) is 0 Å². The summed E-state index contributed by atoms with van der Waals surface area (Å²) in [6.07, 6.45) is 0. The Labute approximate surface area is 111 Å². The standard InChI is InChI=1S/C14H16N2OS/c1-15-14-6-5-13(18-14)10-3-4-11-12(9-10)17-8-7-16(11)2/h3-6,9,15H,7-8H2,1-2H3. The van der Waals surface area contributed by atoms with Gasteiger partial charge in [-0.2, -0.15) is 0 Å². The van der Waals surface area contributed by atoms with Gasteiger partial charge in [-0.25, -0.2) is 0 Å². The Morgan fingerprint density at radius 1 is 1.28 bits per heavy atom. The van der Waals surface area contributed by atoms with Crippen LogP contribution in [0.2, 0.25) is 0 Å². The molecule has 0 atom stereocenters. The molecule has 1 aromatic carbocycles. The summed E-state index contributed by atoms with van der Waals surface area (Å²) in [5, 5.41) is 4.35. The highest BCUT2D eigenvalue weighted by Crippen LogP contribution is 2.38. The van der Waals surface area contributed by atoms with Crippen molar-refractivity contribution in [2.75, 3.05) is 37.5 Å². The third kappa shape index (κ3) is 1.93. The van der Waals surface area contributed by atoms with Gasteiger partial charge >= 0.3 is 0 Å². The van der Waals surface area contributed by atoms with Crippen molar-refractivity contribution in [3.63, 3.8) is 0 Å². The van der Waals surface area contributed by atoms with Crippen LogP contribution in [-0.4, -0.2) is 27.2 Å². The Kier molecular flexibility index (Phi) is 2.88. The lowest BCUT2D eigenvalue weighted by molar-refractivity contribution is 0.311. The molecule has 0 unspecified atom stereocenters. The van der Waals surface area contributed by atoms with Crippen molar-refractivity contribution in [1.82, 2.24) is 0 Å². The minimum absolute atomic E-state index is 0.763. The quantitative estimate of drug-likeness (QED) is 0.896. The van der Waals surface area contributed by atoms with Crippen LogP contribution in [0.25, 0.3) is 10.4 Å². The summed E-state index contributed by atoms with van der Waals surface area (Å²) in [5.74, 6) is 0.987. The van der Waals surface area contributed by atoms with Crippen LogP contribution in [0.15, 0.2) is 30.3 Å². The van der Waals surface area contributed by atoms with Crippen molar-refractivity contribution in [3.05, 3.63) is 30.3 Å². The molecule has 18 heavy (non-hydrogen) atoms. The molecule has 0 fully saturated rings. The van der Waals surface area contributed by atoms with Crippen LogP contribution in [0.5, 0.6) is 5.75 Å². The van der Waals surface area contributed by atoms with E-state index >= 15 is 0 Å². The Balaban J connectivity index is 1.99. The van der Waals surface area contributed by atoms with E-state index in [1.807, 2.05) is 7.05 Å². The molecule has 4 heteroatoms. The van der Waals surface area contributed by atoms with Gasteiger partial charge in [-0.3, -0.25) is 0 Å². The fourth-order valence-electron chi connectivity index (χ4n) is 2.14. The predicted molar refractivity (Wildman–Crippen MR) is 78.1 cm³/mol. The molecule has 1 aliphatic rings. The van der Waals surface area contributed by atoms with Crippen molar-refractivity contribution < 1.29 is 4.74 Å². The molecule has 0 bridgehead atoms. The van der Waals surface area contributed by atoms with Gasteiger partial charge in [-0.05, 0) is 29.8 Å². The first-order chi connectivity index (χ1) is 8.78. The Hall–Kier alpha value is -1.68. The largest absolute Gasteiger partial charge is 0.490 e. The zero-order valence-corrected chi connectivity index (χ0v) is 11.4. The van der Waals surface area contributed by atoms with Crippen LogP contribution in [-0.2, 0) is 0 Å². The van der Waals surface area contributed by atoms with E-state index in [-0.39, 0.29) is 0 Å². The van der Waals surface area contributed by atoms with Crippen molar-refractivity contribution in [2.24, 2.45) is 0 Å². The SMILES string of the molecule is CNc1ccc(-c2ccc3c(c2)OCCN3C)s1. The van der Waals surface area contributed by atoms with Gasteiger partial charge in [0.2, 0.25) is 0 Å². The van der Waals surface area contributed by atoms with Gasteiger partial charge in [0.1, 0.15) is 12.4 Å². The number of nitrogens with one attached hydrogen (secondary N) is 1. The summed E-state index contributed by atoms with van der Waals surface area (Å²) in [4.78, 5) is 3.50. The molecule has 3 nitrogen and oxygen atoms in total. The molecule has 1 aliphatic heterocycles. The van der Waals surface area contributed by atoms with Gasteiger partial charge in [0.25, 0.3) is 0 Å².